The lowest BCUT2D eigenvalue weighted by molar-refractivity contribution is -0.123. The van der Waals surface area contributed by atoms with E-state index in [0.717, 1.165) is 43.5 Å². The highest BCUT2D eigenvalue weighted by Crippen LogP contribution is 2.23. The van der Waals surface area contributed by atoms with E-state index in [4.69, 9.17) is 9.47 Å². The van der Waals surface area contributed by atoms with Crippen LogP contribution in [0.3, 0.4) is 0 Å². The second-order valence-corrected chi connectivity index (χ2v) is 7.72. The number of carbonyl (C=O) groups excluding carboxylic acids is 1. The van der Waals surface area contributed by atoms with E-state index >= 15 is 0 Å². The lowest BCUT2D eigenvalue weighted by atomic mass is 10.1. The predicted octanol–water partition coefficient (Wildman–Crippen LogP) is 2.86. The molecule has 2 rings (SSSR count). The van der Waals surface area contributed by atoms with Crippen molar-refractivity contribution in [1.29, 1.82) is 0 Å². The van der Waals surface area contributed by atoms with Crippen LogP contribution in [-0.4, -0.2) is 51.3 Å². The smallest absolute Gasteiger partial charge is 0.222 e. The van der Waals surface area contributed by atoms with Crippen LogP contribution >= 0.6 is 24.0 Å². The van der Waals surface area contributed by atoms with E-state index in [1.807, 2.05) is 20.8 Å². The van der Waals surface area contributed by atoms with Crippen LogP contribution < -0.4 is 20.7 Å². The number of nitrogens with zero attached hydrogens (tertiary/aromatic N) is 1. The first kappa shape index (κ1) is 26.5. The van der Waals surface area contributed by atoms with Gasteiger partial charge in [0.15, 0.2) is 5.96 Å². The van der Waals surface area contributed by atoms with Gasteiger partial charge in [-0.2, -0.15) is 0 Å². The molecule has 1 atom stereocenters. The van der Waals surface area contributed by atoms with Gasteiger partial charge in [-0.05, 0) is 31.9 Å². The third-order valence-electron chi connectivity index (χ3n) is 4.71. The van der Waals surface area contributed by atoms with Crippen molar-refractivity contribution in [3.63, 3.8) is 0 Å². The summed E-state index contributed by atoms with van der Waals surface area (Å²) in [6, 6.07) is 6.23. The Balaban J connectivity index is 0.00000450. The average molecular weight is 532 g/mol. The van der Waals surface area contributed by atoms with Crippen LogP contribution in [0.4, 0.5) is 0 Å². The number of benzene rings is 1. The first-order valence-electron chi connectivity index (χ1n) is 10.6. The van der Waals surface area contributed by atoms with Crippen molar-refractivity contribution in [2.75, 3.05) is 39.5 Å². The van der Waals surface area contributed by atoms with Crippen LogP contribution in [0.25, 0.3) is 0 Å². The molecule has 1 aliphatic heterocycles. The summed E-state index contributed by atoms with van der Waals surface area (Å²) < 4.78 is 11.5. The number of amides is 1. The highest BCUT2D eigenvalue weighted by Gasteiger charge is 2.17. The lowest BCUT2D eigenvalue weighted by Gasteiger charge is -2.15. The Kier molecular flexibility index (Phi) is 12.8. The number of ether oxygens (including phenoxy) is 2. The molecule has 1 unspecified atom stereocenters. The Labute approximate surface area is 197 Å². The van der Waals surface area contributed by atoms with Gasteiger partial charge in [0.2, 0.25) is 5.91 Å². The van der Waals surface area contributed by atoms with E-state index in [1.54, 1.807) is 0 Å². The third-order valence-corrected chi connectivity index (χ3v) is 4.71. The maximum absolute atomic E-state index is 11.6. The molecule has 0 spiro atoms. The van der Waals surface area contributed by atoms with Crippen molar-refractivity contribution in [2.45, 2.75) is 40.7 Å². The molecule has 30 heavy (non-hydrogen) atoms. The number of rotatable bonds is 10. The number of hydrogen-bond donors (Lipinski definition) is 3. The van der Waals surface area contributed by atoms with Crippen molar-refractivity contribution in [3.05, 3.63) is 29.3 Å². The molecule has 0 radical (unpaired) electrons. The molecular weight excluding hydrogens is 495 g/mol. The van der Waals surface area contributed by atoms with Crippen molar-refractivity contribution in [3.8, 4) is 5.75 Å². The molecule has 170 valence electrons. The Morgan fingerprint density at radius 3 is 2.70 bits per heavy atom. The van der Waals surface area contributed by atoms with Gasteiger partial charge in [-0.1, -0.05) is 26.0 Å². The maximum Gasteiger partial charge on any atom is 0.222 e. The van der Waals surface area contributed by atoms with Gasteiger partial charge < -0.3 is 25.4 Å². The Hall–Kier alpha value is -1.55. The SMILES string of the molecule is CCNC(=NCc1ccc(C)cc1OCC1CCOC1)NCCNC(=O)C(C)C.I. The minimum Gasteiger partial charge on any atom is -0.493 e. The van der Waals surface area contributed by atoms with Gasteiger partial charge in [-0.25, -0.2) is 4.99 Å². The molecule has 1 heterocycles. The molecule has 3 N–H and O–H groups in total. The molecule has 1 amide bonds. The van der Waals surface area contributed by atoms with Crippen molar-refractivity contribution in [2.24, 2.45) is 16.8 Å². The molecule has 1 aromatic carbocycles. The van der Waals surface area contributed by atoms with E-state index in [9.17, 15) is 4.79 Å². The zero-order valence-corrected chi connectivity index (χ0v) is 21.0. The third kappa shape index (κ3) is 9.51. The molecular formula is C22H37IN4O3. The molecule has 0 saturated carbocycles. The minimum atomic E-state index is -0.00680. The first-order valence-corrected chi connectivity index (χ1v) is 10.6. The maximum atomic E-state index is 11.6. The average Bonchev–Trinajstić information content (AvgIpc) is 3.21. The summed E-state index contributed by atoms with van der Waals surface area (Å²) in [4.78, 5) is 16.3. The van der Waals surface area contributed by atoms with E-state index in [0.29, 0.717) is 32.2 Å². The van der Waals surface area contributed by atoms with Crippen molar-refractivity contribution < 1.29 is 14.3 Å². The van der Waals surface area contributed by atoms with E-state index < -0.39 is 0 Å². The Bertz CT molecular complexity index is 676. The lowest BCUT2D eigenvalue weighted by Crippen LogP contribution is -2.42. The van der Waals surface area contributed by atoms with Gasteiger partial charge in [-0.3, -0.25) is 4.79 Å². The number of halogens is 1. The highest BCUT2D eigenvalue weighted by molar-refractivity contribution is 14.0. The van der Waals surface area contributed by atoms with Crippen LogP contribution in [0.1, 0.15) is 38.3 Å². The number of carbonyl (C=O) groups is 1. The number of aryl methyl sites for hydroxylation is 1. The van der Waals surface area contributed by atoms with Gasteiger partial charge in [0, 0.05) is 43.6 Å². The molecule has 8 heteroatoms. The van der Waals surface area contributed by atoms with Gasteiger partial charge in [0.1, 0.15) is 5.75 Å². The van der Waals surface area contributed by atoms with E-state index in [1.165, 1.54) is 5.56 Å². The monoisotopic (exact) mass is 532 g/mol. The molecule has 1 aromatic rings. The van der Waals surface area contributed by atoms with Gasteiger partial charge >= 0.3 is 0 Å². The largest absolute Gasteiger partial charge is 0.493 e. The fraction of sp³-hybridized carbons (Fsp3) is 0.636. The molecule has 1 fully saturated rings. The summed E-state index contributed by atoms with van der Waals surface area (Å²) in [5.41, 5.74) is 2.22. The standard InChI is InChI=1S/C22H36N4O3.HI/c1-5-23-22(25-10-9-24-21(27)16(2)3)26-13-19-7-6-17(4)12-20(19)29-15-18-8-11-28-14-18;/h6-7,12,16,18H,5,8-11,13-15H2,1-4H3,(H,24,27)(H2,23,25,26);1H. The normalized spacial score (nSPS) is 16.2. The summed E-state index contributed by atoms with van der Waals surface area (Å²) >= 11 is 0. The molecule has 1 saturated heterocycles. The van der Waals surface area contributed by atoms with Gasteiger partial charge in [0.05, 0.1) is 19.8 Å². The molecule has 0 aliphatic carbocycles. The fourth-order valence-corrected chi connectivity index (χ4v) is 2.93. The summed E-state index contributed by atoms with van der Waals surface area (Å²) in [6.07, 6.45) is 1.06. The highest BCUT2D eigenvalue weighted by atomic mass is 127. The van der Waals surface area contributed by atoms with E-state index in [-0.39, 0.29) is 35.8 Å². The second kappa shape index (κ2) is 14.5. The number of nitrogens with one attached hydrogen (secondary N) is 3. The van der Waals surface area contributed by atoms with Gasteiger partial charge in [0.25, 0.3) is 0 Å². The number of aliphatic imine (C=N–C) groups is 1. The first-order chi connectivity index (χ1) is 14.0. The predicted molar refractivity (Wildman–Crippen MR) is 132 cm³/mol. The Morgan fingerprint density at radius 2 is 2.03 bits per heavy atom. The molecule has 0 aromatic heterocycles. The molecule has 1 aliphatic rings. The van der Waals surface area contributed by atoms with Crippen LogP contribution in [-0.2, 0) is 16.1 Å². The topological polar surface area (TPSA) is 84.0 Å². The van der Waals surface area contributed by atoms with Crippen LogP contribution in [0.5, 0.6) is 5.75 Å². The zero-order chi connectivity index (χ0) is 21.1. The van der Waals surface area contributed by atoms with Crippen LogP contribution in [0, 0.1) is 18.8 Å². The minimum absolute atomic E-state index is 0. The van der Waals surface area contributed by atoms with Crippen molar-refractivity contribution >= 4 is 35.8 Å². The van der Waals surface area contributed by atoms with E-state index in [2.05, 4.69) is 46.1 Å². The summed E-state index contributed by atoms with van der Waals surface area (Å²) in [7, 11) is 0. The molecule has 7 nitrogen and oxygen atoms in total. The van der Waals surface area contributed by atoms with Crippen LogP contribution in [0.15, 0.2) is 23.2 Å². The van der Waals surface area contributed by atoms with Crippen LogP contribution in [0.2, 0.25) is 0 Å². The quantitative estimate of drug-likeness (QED) is 0.187. The molecule has 0 bridgehead atoms. The van der Waals surface area contributed by atoms with Gasteiger partial charge in [-0.15, -0.1) is 24.0 Å². The number of hydrogen-bond acceptors (Lipinski definition) is 4. The summed E-state index contributed by atoms with van der Waals surface area (Å²) in [5, 5.41) is 9.40. The summed E-state index contributed by atoms with van der Waals surface area (Å²) in [5.74, 6) is 2.13. The van der Waals surface area contributed by atoms with Crippen molar-refractivity contribution in [1.82, 2.24) is 16.0 Å². The summed E-state index contributed by atoms with van der Waals surface area (Å²) in [6.45, 7) is 12.6. The fourth-order valence-electron chi connectivity index (χ4n) is 2.93. The second-order valence-electron chi connectivity index (χ2n) is 7.72. The Morgan fingerprint density at radius 1 is 1.27 bits per heavy atom. The zero-order valence-electron chi connectivity index (χ0n) is 18.6. The number of guanidine groups is 1.